The third-order valence-electron chi connectivity index (χ3n) is 6.22. The Morgan fingerprint density at radius 2 is 1.97 bits per heavy atom. The molecular weight excluding hydrogens is 396 g/mol. The van der Waals surface area contributed by atoms with Crippen molar-refractivity contribution in [1.82, 2.24) is 10.2 Å². The molecule has 1 unspecified atom stereocenters. The summed E-state index contributed by atoms with van der Waals surface area (Å²) in [7, 11) is 1.63. The Balaban J connectivity index is 1.18. The van der Waals surface area contributed by atoms with Crippen LogP contribution in [-0.2, 0) is 0 Å². The Hall–Kier alpha value is -2.93. The average Bonchev–Trinajstić information content (AvgIpc) is 3.15. The van der Waals surface area contributed by atoms with Crippen molar-refractivity contribution in [2.24, 2.45) is 5.92 Å². The number of amides is 1. The standard InChI is InChI=1S/C24H28N2O5/c1-28-19-3-5-20(6-4-19)29-14-21-15-30-22-7-2-17(11-23(22)31-21)24(27)25-18-10-16-8-9-26(12-16)13-18/h2-7,11,16,18,21H,8-10,12-15H2,1H3,(H,25,27)/t16-,18-,21+/m1/s1. The summed E-state index contributed by atoms with van der Waals surface area (Å²) < 4.78 is 22.9. The third-order valence-corrected chi connectivity index (χ3v) is 6.22. The molecule has 0 radical (unpaired) electrons. The normalized spacial score (nSPS) is 26.2. The molecule has 7 heteroatoms. The monoisotopic (exact) mass is 424 g/mol. The Morgan fingerprint density at radius 3 is 2.77 bits per heavy atom. The molecule has 1 amide bonds. The second-order valence-electron chi connectivity index (χ2n) is 8.52. The van der Waals surface area contributed by atoms with Gasteiger partial charge in [-0.2, -0.15) is 0 Å². The number of fused-ring (bicyclic) bond motifs is 3. The quantitative estimate of drug-likeness (QED) is 0.769. The van der Waals surface area contributed by atoms with Crippen LogP contribution >= 0.6 is 0 Å². The molecule has 2 saturated heterocycles. The van der Waals surface area contributed by atoms with Crippen molar-refractivity contribution in [3.8, 4) is 23.0 Å². The van der Waals surface area contributed by atoms with Gasteiger partial charge >= 0.3 is 0 Å². The molecule has 3 heterocycles. The van der Waals surface area contributed by atoms with Crippen LogP contribution < -0.4 is 24.3 Å². The van der Waals surface area contributed by atoms with Crippen molar-refractivity contribution in [3.05, 3.63) is 48.0 Å². The zero-order valence-electron chi connectivity index (χ0n) is 17.7. The smallest absolute Gasteiger partial charge is 0.251 e. The molecule has 7 nitrogen and oxygen atoms in total. The van der Waals surface area contributed by atoms with E-state index in [-0.39, 0.29) is 18.1 Å². The topological polar surface area (TPSA) is 69.3 Å². The minimum absolute atomic E-state index is 0.0597. The van der Waals surface area contributed by atoms with Gasteiger partial charge in [0.15, 0.2) is 17.6 Å². The highest BCUT2D eigenvalue weighted by molar-refractivity contribution is 5.95. The maximum absolute atomic E-state index is 12.8. The zero-order chi connectivity index (χ0) is 21.2. The maximum Gasteiger partial charge on any atom is 0.251 e. The summed E-state index contributed by atoms with van der Waals surface area (Å²) in [5.74, 6) is 3.40. The van der Waals surface area contributed by atoms with Gasteiger partial charge in [-0.05, 0) is 67.8 Å². The highest BCUT2D eigenvalue weighted by Gasteiger charge is 2.33. The van der Waals surface area contributed by atoms with Crippen LogP contribution in [0, 0.1) is 5.92 Å². The summed E-state index contributed by atoms with van der Waals surface area (Å²) >= 11 is 0. The zero-order valence-corrected chi connectivity index (χ0v) is 17.7. The summed E-state index contributed by atoms with van der Waals surface area (Å²) in [5.41, 5.74) is 0.590. The van der Waals surface area contributed by atoms with Crippen LogP contribution in [-0.4, -0.2) is 62.9 Å². The molecule has 2 aromatic rings. The Morgan fingerprint density at radius 1 is 1.13 bits per heavy atom. The lowest BCUT2D eigenvalue weighted by atomic mass is 9.96. The highest BCUT2D eigenvalue weighted by atomic mass is 16.6. The van der Waals surface area contributed by atoms with Gasteiger partial charge in [-0.3, -0.25) is 4.79 Å². The van der Waals surface area contributed by atoms with Gasteiger partial charge < -0.3 is 29.2 Å². The predicted octanol–water partition coefficient (Wildman–Crippen LogP) is 2.74. The van der Waals surface area contributed by atoms with Crippen LogP contribution in [0.1, 0.15) is 23.2 Å². The summed E-state index contributed by atoms with van der Waals surface area (Å²) in [6.07, 6.45) is 2.06. The number of hydrogen-bond acceptors (Lipinski definition) is 6. The van der Waals surface area contributed by atoms with E-state index in [0.717, 1.165) is 31.0 Å². The van der Waals surface area contributed by atoms with Gasteiger partial charge in [0, 0.05) is 24.7 Å². The first-order valence-electron chi connectivity index (χ1n) is 10.9. The lowest BCUT2D eigenvalue weighted by Crippen LogP contribution is -2.47. The number of nitrogens with one attached hydrogen (secondary N) is 1. The van der Waals surface area contributed by atoms with Gasteiger partial charge in [0.1, 0.15) is 24.7 Å². The first kappa shape index (κ1) is 20.0. The molecule has 2 aromatic carbocycles. The number of methoxy groups -OCH3 is 1. The number of hydrogen-bond donors (Lipinski definition) is 1. The van der Waals surface area contributed by atoms with E-state index in [1.54, 1.807) is 25.3 Å². The Bertz CT molecular complexity index is 920. The fourth-order valence-corrected chi connectivity index (χ4v) is 4.63. The molecule has 31 heavy (non-hydrogen) atoms. The number of benzene rings is 2. The minimum atomic E-state index is -0.255. The molecule has 0 spiro atoms. The number of rotatable bonds is 6. The van der Waals surface area contributed by atoms with E-state index in [9.17, 15) is 4.79 Å². The summed E-state index contributed by atoms with van der Waals surface area (Å²) in [4.78, 5) is 15.3. The number of piperidine rings is 1. The molecule has 5 rings (SSSR count). The van der Waals surface area contributed by atoms with Crippen molar-refractivity contribution >= 4 is 5.91 Å². The van der Waals surface area contributed by atoms with Crippen molar-refractivity contribution in [2.45, 2.75) is 25.0 Å². The van der Waals surface area contributed by atoms with Crippen LogP contribution in [0.15, 0.2) is 42.5 Å². The molecule has 2 fully saturated rings. The summed E-state index contributed by atoms with van der Waals surface area (Å²) in [6, 6.07) is 13.0. The number of carbonyl (C=O) groups is 1. The minimum Gasteiger partial charge on any atom is -0.497 e. The van der Waals surface area contributed by atoms with Crippen LogP contribution in [0.5, 0.6) is 23.0 Å². The second kappa shape index (κ2) is 8.67. The molecule has 0 saturated carbocycles. The molecule has 0 aliphatic carbocycles. The van der Waals surface area contributed by atoms with E-state index in [1.807, 2.05) is 24.3 Å². The summed E-state index contributed by atoms with van der Waals surface area (Å²) in [6.45, 7) is 4.02. The van der Waals surface area contributed by atoms with Gasteiger partial charge in [0.05, 0.1) is 7.11 Å². The van der Waals surface area contributed by atoms with E-state index in [4.69, 9.17) is 18.9 Å². The summed E-state index contributed by atoms with van der Waals surface area (Å²) in [5, 5.41) is 3.20. The van der Waals surface area contributed by atoms with E-state index in [1.165, 1.54) is 13.0 Å². The van der Waals surface area contributed by atoms with Crippen molar-refractivity contribution in [2.75, 3.05) is 40.0 Å². The highest BCUT2D eigenvalue weighted by Crippen LogP contribution is 2.33. The lowest BCUT2D eigenvalue weighted by molar-refractivity contribution is 0.0533. The predicted molar refractivity (Wildman–Crippen MR) is 115 cm³/mol. The molecule has 4 atom stereocenters. The van der Waals surface area contributed by atoms with Gasteiger partial charge in [0.2, 0.25) is 0 Å². The van der Waals surface area contributed by atoms with Gasteiger partial charge in [0.25, 0.3) is 5.91 Å². The average molecular weight is 424 g/mol. The number of nitrogens with zero attached hydrogens (tertiary/aromatic N) is 1. The van der Waals surface area contributed by atoms with Gasteiger partial charge in [-0.25, -0.2) is 0 Å². The van der Waals surface area contributed by atoms with Crippen LogP contribution in [0.3, 0.4) is 0 Å². The van der Waals surface area contributed by atoms with Crippen LogP contribution in [0.25, 0.3) is 0 Å². The molecule has 164 valence electrons. The largest absolute Gasteiger partial charge is 0.497 e. The SMILES string of the molecule is COc1ccc(OC[C@H]2COc3ccc(C(=O)N[C@@H]4C[C@H]5CCN(C5)C4)cc3O2)cc1. The van der Waals surface area contributed by atoms with Crippen LogP contribution in [0.2, 0.25) is 0 Å². The van der Waals surface area contributed by atoms with E-state index in [0.29, 0.717) is 36.2 Å². The Labute approximate surface area is 182 Å². The van der Waals surface area contributed by atoms with Crippen molar-refractivity contribution in [1.29, 1.82) is 0 Å². The number of ether oxygens (including phenoxy) is 4. The molecule has 3 aliphatic rings. The lowest BCUT2D eigenvalue weighted by Gasteiger charge is -2.30. The molecule has 3 aliphatic heterocycles. The first-order valence-corrected chi connectivity index (χ1v) is 10.9. The fourth-order valence-electron chi connectivity index (χ4n) is 4.63. The molecule has 0 aromatic heterocycles. The van der Waals surface area contributed by atoms with E-state index >= 15 is 0 Å². The van der Waals surface area contributed by atoms with Crippen LogP contribution in [0.4, 0.5) is 0 Å². The second-order valence-corrected chi connectivity index (χ2v) is 8.52. The van der Waals surface area contributed by atoms with Gasteiger partial charge in [-0.1, -0.05) is 0 Å². The van der Waals surface area contributed by atoms with Crippen molar-refractivity contribution < 1.29 is 23.7 Å². The first-order chi connectivity index (χ1) is 15.2. The van der Waals surface area contributed by atoms with E-state index < -0.39 is 0 Å². The van der Waals surface area contributed by atoms with E-state index in [2.05, 4.69) is 10.2 Å². The van der Waals surface area contributed by atoms with Crippen molar-refractivity contribution in [3.63, 3.8) is 0 Å². The number of carbonyl (C=O) groups excluding carboxylic acids is 1. The molecular formula is C24H28N2O5. The molecule has 1 N–H and O–H groups in total. The fraction of sp³-hybridized carbons (Fsp3) is 0.458. The van der Waals surface area contributed by atoms with Gasteiger partial charge in [-0.15, -0.1) is 0 Å². The molecule has 2 bridgehead atoms. The third kappa shape index (κ3) is 4.56. The maximum atomic E-state index is 12.8. The Kier molecular flexibility index (Phi) is 5.59.